The third-order valence-electron chi connectivity index (χ3n) is 2.03. The first kappa shape index (κ1) is 11.2. The maximum absolute atomic E-state index is 11.2. The first-order chi connectivity index (χ1) is 6.63. The molecule has 0 saturated heterocycles. The van der Waals surface area contributed by atoms with E-state index in [2.05, 4.69) is 20.7 Å². The second kappa shape index (κ2) is 5.15. The van der Waals surface area contributed by atoms with Gasteiger partial charge in [-0.15, -0.1) is 0 Å². The van der Waals surface area contributed by atoms with Gasteiger partial charge in [0.2, 0.25) is 0 Å². The van der Waals surface area contributed by atoms with Crippen LogP contribution in [0.1, 0.15) is 12.5 Å². The molecule has 2 nitrogen and oxygen atoms in total. The van der Waals surface area contributed by atoms with E-state index in [1.165, 1.54) is 7.11 Å². The van der Waals surface area contributed by atoms with Crippen molar-refractivity contribution in [2.24, 2.45) is 5.92 Å². The molecule has 0 heterocycles. The Hall–Kier alpha value is -0.830. The van der Waals surface area contributed by atoms with Crippen LogP contribution in [0.25, 0.3) is 0 Å². The smallest absolute Gasteiger partial charge is 0.308 e. The number of esters is 1. The van der Waals surface area contributed by atoms with E-state index in [9.17, 15) is 4.79 Å². The van der Waals surface area contributed by atoms with Crippen molar-refractivity contribution in [2.75, 3.05) is 7.11 Å². The van der Waals surface area contributed by atoms with Crippen LogP contribution in [0.4, 0.5) is 0 Å². The first-order valence-electron chi connectivity index (χ1n) is 4.45. The Kier molecular flexibility index (Phi) is 4.14. The predicted molar refractivity (Wildman–Crippen MR) is 59.0 cm³/mol. The highest BCUT2D eigenvalue weighted by Gasteiger charge is 2.13. The molecule has 0 radical (unpaired) electrons. The Morgan fingerprint density at radius 3 is 2.86 bits per heavy atom. The molecule has 0 aliphatic heterocycles. The van der Waals surface area contributed by atoms with Gasteiger partial charge in [-0.25, -0.2) is 0 Å². The molecule has 0 aliphatic rings. The summed E-state index contributed by atoms with van der Waals surface area (Å²) in [5.41, 5.74) is 1.14. The van der Waals surface area contributed by atoms with Gasteiger partial charge in [0.1, 0.15) is 0 Å². The van der Waals surface area contributed by atoms with Crippen LogP contribution in [-0.4, -0.2) is 13.1 Å². The van der Waals surface area contributed by atoms with Crippen molar-refractivity contribution in [2.45, 2.75) is 13.3 Å². The standard InChI is InChI=1S/C11H13BrO2/c1-8(11(13)14-2)6-9-4-3-5-10(12)7-9/h3-5,7-8H,6H2,1-2H3. The van der Waals surface area contributed by atoms with Crippen molar-refractivity contribution in [3.05, 3.63) is 34.3 Å². The molecular formula is C11H13BrO2. The van der Waals surface area contributed by atoms with Gasteiger partial charge in [-0.3, -0.25) is 4.79 Å². The Labute approximate surface area is 92.4 Å². The van der Waals surface area contributed by atoms with E-state index >= 15 is 0 Å². The Balaban J connectivity index is 2.64. The van der Waals surface area contributed by atoms with Crippen LogP contribution in [0.2, 0.25) is 0 Å². The minimum Gasteiger partial charge on any atom is -0.469 e. The van der Waals surface area contributed by atoms with E-state index in [0.29, 0.717) is 6.42 Å². The van der Waals surface area contributed by atoms with Gasteiger partial charge in [0, 0.05) is 4.47 Å². The highest BCUT2D eigenvalue weighted by Crippen LogP contribution is 2.15. The van der Waals surface area contributed by atoms with E-state index < -0.39 is 0 Å². The van der Waals surface area contributed by atoms with Crippen LogP contribution in [0, 0.1) is 5.92 Å². The molecule has 1 aromatic rings. The average Bonchev–Trinajstić information content (AvgIpc) is 2.16. The third kappa shape index (κ3) is 3.14. The Morgan fingerprint density at radius 2 is 2.29 bits per heavy atom. The van der Waals surface area contributed by atoms with E-state index in [1.54, 1.807) is 0 Å². The number of carbonyl (C=O) groups excluding carboxylic acids is 1. The van der Waals surface area contributed by atoms with Crippen molar-refractivity contribution >= 4 is 21.9 Å². The third-order valence-corrected chi connectivity index (χ3v) is 2.53. The maximum atomic E-state index is 11.2. The zero-order valence-corrected chi connectivity index (χ0v) is 9.87. The fraction of sp³-hybridized carbons (Fsp3) is 0.364. The number of benzene rings is 1. The molecule has 0 saturated carbocycles. The second-order valence-electron chi connectivity index (χ2n) is 3.26. The maximum Gasteiger partial charge on any atom is 0.308 e. The molecule has 0 N–H and O–H groups in total. The predicted octanol–water partition coefficient (Wildman–Crippen LogP) is 2.80. The molecule has 0 aromatic heterocycles. The lowest BCUT2D eigenvalue weighted by Gasteiger charge is -2.08. The monoisotopic (exact) mass is 256 g/mol. The van der Waals surface area contributed by atoms with Gasteiger partial charge in [-0.1, -0.05) is 35.0 Å². The quantitative estimate of drug-likeness (QED) is 0.778. The van der Waals surface area contributed by atoms with Crippen LogP contribution < -0.4 is 0 Å². The number of hydrogen-bond acceptors (Lipinski definition) is 2. The van der Waals surface area contributed by atoms with Gasteiger partial charge in [0.05, 0.1) is 13.0 Å². The molecule has 1 unspecified atom stereocenters. The number of halogens is 1. The van der Waals surface area contributed by atoms with Gasteiger partial charge in [-0.05, 0) is 24.1 Å². The number of hydrogen-bond donors (Lipinski definition) is 0. The minimum atomic E-state index is -0.162. The van der Waals surface area contributed by atoms with E-state index in [4.69, 9.17) is 0 Å². The van der Waals surface area contributed by atoms with Crippen LogP contribution in [0.3, 0.4) is 0 Å². The summed E-state index contributed by atoms with van der Waals surface area (Å²) in [5, 5.41) is 0. The Morgan fingerprint density at radius 1 is 1.57 bits per heavy atom. The molecule has 0 bridgehead atoms. The van der Waals surface area contributed by atoms with E-state index in [1.807, 2.05) is 31.2 Å². The fourth-order valence-electron chi connectivity index (χ4n) is 1.30. The van der Waals surface area contributed by atoms with Gasteiger partial charge >= 0.3 is 5.97 Å². The molecule has 0 spiro atoms. The highest BCUT2D eigenvalue weighted by atomic mass is 79.9. The van der Waals surface area contributed by atoms with Crippen LogP contribution in [-0.2, 0) is 16.0 Å². The number of ether oxygens (including phenoxy) is 1. The zero-order valence-electron chi connectivity index (χ0n) is 8.29. The summed E-state index contributed by atoms with van der Waals surface area (Å²) in [6.07, 6.45) is 0.714. The van der Waals surface area contributed by atoms with Crippen LogP contribution >= 0.6 is 15.9 Å². The highest BCUT2D eigenvalue weighted by molar-refractivity contribution is 9.10. The minimum absolute atomic E-state index is 0.0886. The molecule has 0 amide bonds. The molecule has 1 aromatic carbocycles. The van der Waals surface area contributed by atoms with Gasteiger partial charge in [0.25, 0.3) is 0 Å². The Bertz CT molecular complexity index is 323. The SMILES string of the molecule is COC(=O)C(C)Cc1cccc(Br)c1. The zero-order chi connectivity index (χ0) is 10.6. The second-order valence-corrected chi connectivity index (χ2v) is 4.17. The van der Waals surface area contributed by atoms with Gasteiger partial charge in [0.15, 0.2) is 0 Å². The molecule has 1 rings (SSSR count). The van der Waals surface area contributed by atoms with Crippen molar-refractivity contribution in [1.29, 1.82) is 0 Å². The van der Waals surface area contributed by atoms with Crippen molar-refractivity contribution in [3.8, 4) is 0 Å². The molecule has 0 aliphatic carbocycles. The molecule has 3 heteroatoms. The lowest BCUT2D eigenvalue weighted by molar-refractivity contribution is -0.144. The van der Waals surface area contributed by atoms with E-state index in [0.717, 1.165) is 10.0 Å². The average molecular weight is 257 g/mol. The summed E-state index contributed by atoms with van der Waals surface area (Å²) >= 11 is 3.39. The van der Waals surface area contributed by atoms with Crippen molar-refractivity contribution in [3.63, 3.8) is 0 Å². The summed E-state index contributed by atoms with van der Waals surface area (Å²) < 4.78 is 5.70. The molecule has 1 atom stereocenters. The largest absolute Gasteiger partial charge is 0.469 e. The van der Waals surface area contributed by atoms with Gasteiger partial charge < -0.3 is 4.74 Å². The lowest BCUT2D eigenvalue weighted by Crippen LogP contribution is -2.14. The number of rotatable bonds is 3. The number of carbonyl (C=O) groups is 1. The fourth-order valence-corrected chi connectivity index (χ4v) is 1.75. The van der Waals surface area contributed by atoms with Crippen molar-refractivity contribution in [1.82, 2.24) is 0 Å². The van der Waals surface area contributed by atoms with E-state index in [-0.39, 0.29) is 11.9 Å². The first-order valence-corrected chi connectivity index (χ1v) is 5.25. The summed E-state index contributed by atoms with van der Waals surface area (Å²) in [7, 11) is 1.42. The summed E-state index contributed by atoms with van der Waals surface area (Å²) in [6.45, 7) is 1.87. The van der Waals surface area contributed by atoms with Gasteiger partial charge in [-0.2, -0.15) is 0 Å². The molecule has 76 valence electrons. The molecular weight excluding hydrogens is 244 g/mol. The summed E-state index contributed by atoms with van der Waals surface area (Å²) in [6, 6.07) is 7.94. The molecule has 14 heavy (non-hydrogen) atoms. The van der Waals surface area contributed by atoms with Crippen molar-refractivity contribution < 1.29 is 9.53 Å². The molecule has 0 fully saturated rings. The number of methoxy groups -OCH3 is 1. The summed E-state index contributed by atoms with van der Waals surface area (Å²) in [4.78, 5) is 11.2. The topological polar surface area (TPSA) is 26.3 Å². The normalized spacial score (nSPS) is 12.2. The lowest BCUT2D eigenvalue weighted by atomic mass is 10.0. The van der Waals surface area contributed by atoms with Crippen LogP contribution in [0.5, 0.6) is 0 Å². The van der Waals surface area contributed by atoms with Crippen LogP contribution in [0.15, 0.2) is 28.7 Å². The summed E-state index contributed by atoms with van der Waals surface area (Å²) in [5.74, 6) is -0.251.